The lowest BCUT2D eigenvalue weighted by atomic mass is 10.6. The van der Waals surface area contributed by atoms with Crippen LogP contribution in [-0.2, 0) is 0 Å². The fraction of sp³-hybridized carbons (Fsp3) is 0. The van der Waals surface area contributed by atoms with Gasteiger partial charge in [0, 0.05) is 0 Å². The molecule has 0 atom stereocenters. The Morgan fingerprint density at radius 2 is 2.00 bits per heavy atom. The van der Waals surface area contributed by atoms with Gasteiger partial charge in [-0.05, 0) is 6.08 Å². The van der Waals surface area contributed by atoms with Gasteiger partial charge in [0.05, 0.1) is 0 Å². The molecule has 21 valence electrons. The molecule has 0 fully saturated rings. The third kappa shape index (κ3) is 1.48. The second-order valence-electron chi connectivity index (χ2n) is 0.408. The van der Waals surface area contributed by atoms with E-state index in [2.05, 4.69) is 19.2 Å². The van der Waals surface area contributed by atoms with E-state index in [0.717, 1.165) is 0 Å². The zero-order chi connectivity index (χ0) is 3.41. The van der Waals surface area contributed by atoms with Gasteiger partial charge >= 0.3 is 0 Å². The average Bonchev–Trinajstić information content (AvgIpc) is 1.37. The molecule has 0 rings (SSSR count). The van der Waals surface area contributed by atoms with Gasteiger partial charge in [-0.15, -0.1) is 0 Å². The number of hydrogen-bond acceptors (Lipinski definition) is 0. The van der Waals surface area contributed by atoms with Crippen molar-refractivity contribution in [2.75, 3.05) is 0 Å². The summed E-state index contributed by atoms with van der Waals surface area (Å²) >= 11 is 0. The molecule has 0 aromatic carbocycles. The normalized spacial score (nSPS) is 5.00. The van der Waals surface area contributed by atoms with Crippen LogP contribution in [0.25, 0.3) is 0 Å². The summed E-state index contributed by atoms with van der Waals surface area (Å²) in [5.41, 5.74) is 0. The molecule has 0 saturated heterocycles. The highest BCUT2D eigenvalue weighted by atomic mass is 13.4. The SMILES string of the molecule is C=[C]C=C. The quantitative estimate of drug-likeness (QED) is 0.393. The fourth-order valence-corrected chi connectivity index (χ4v) is 0. The van der Waals surface area contributed by atoms with Crippen LogP contribution in [0.3, 0.4) is 0 Å². The zero-order valence-corrected chi connectivity index (χ0v) is 2.49. The van der Waals surface area contributed by atoms with Gasteiger partial charge in [-0.2, -0.15) is 0 Å². The molecule has 0 aliphatic heterocycles. The topological polar surface area (TPSA) is 0 Å². The average molecular weight is 53.1 g/mol. The van der Waals surface area contributed by atoms with Crippen LogP contribution >= 0.6 is 0 Å². The molecule has 0 heteroatoms. The summed E-state index contributed by atoms with van der Waals surface area (Å²) in [7, 11) is 0. The molecule has 0 nitrogen and oxygen atoms in total. The molecule has 0 saturated carbocycles. The van der Waals surface area contributed by atoms with Crippen molar-refractivity contribution in [3.05, 3.63) is 25.3 Å². The van der Waals surface area contributed by atoms with Gasteiger partial charge in [0.2, 0.25) is 0 Å². The minimum Gasteiger partial charge on any atom is -0.0985 e. The molecule has 0 unspecified atom stereocenters. The van der Waals surface area contributed by atoms with Gasteiger partial charge in [-0.3, -0.25) is 0 Å². The summed E-state index contributed by atoms with van der Waals surface area (Å²) in [5.74, 6) is 0. The molecular formula is C4H5. The maximum absolute atomic E-state index is 3.31. The predicted molar refractivity (Wildman–Crippen MR) is 19.1 cm³/mol. The smallest absolute Gasteiger partial charge is 0.0268 e. The van der Waals surface area contributed by atoms with Crippen molar-refractivity contribution in [1.82, 2.24) is 0 Å². The van der Waals surface area contributed by atoms with Crippen molar-refractivity contribution in [1.29, 1.82) is 0 Å². The Hall–Kier alpha value is -0.520. The number of hydrogen-bond donors (Lipinski definition) is 0. The van der Waals surface area contributed by atoms with E-state index in [-0.39, 0.29) is 0 Å². The molecule has 0 aromatic rings. The zero-order valence-electron chi connectivity index (χ0n) is 2.49. The Bertz CT molecular complexity index is 21.0. The van der Waals surface area contributed by atoms with E-state index in [1.165, 1.54) is 6.08 Å². The second-order valence-corrected chi connectivity index (χ2v) is 0.408. The van der Waals surface area contributed by atoms with Gasteiger partial charge in [0.1, 0.15) is 0 Å². The van der Waals surface area contributed by atoms with Crippen molar-refractivity contribution in [2.45, 2.75) is 0 Å². The Balaban J connectivity index is 2.73. The van der Waals surface area contributed by atoms with Gasteiger partial charge < -0.3 is 0 Å². The highest BCUT2D eigenvalue weighted by Crippen LogP contribution is 1.49. The van der Waals surface area contributed by atoms with Gasteiger partial charge in [-0.25, -0.2) is 0 Å². The minimum absolute atomic E-state index is 1.51. The van der Waals surface area contributed by atoms with E-state index in [9.17, 15) is 0 Å². The maximum Gasteiger partial charge on any atom is -0.0268 e. The molecule has 0 bridgehead atoms. The van der Waals surface area contributed by atoms with E-state index in [0.29, 0.717) is 0 Å². The molecule has 0 spiro atoms. The van der Waals surface area contributed by atoms with Crippen LogP contribution < -0.4 is 0 Å². The van der Waals surface area contributed by atoms with Crippen molar-refractivity contribution >= 4 is 0 Å². The monoisotopic (exact) mass is 53.0 g/mol. The summed E-state index contributed by atoms with van der Waals surface area (Å²) < 4.78 is 0. The first-order chi connectivity index (χ1) is 1.91. The summed E-state index contributed by atoms with van der Waals surface area (Å²) in [4.78, 5) is 0. The Morgan fingerprint density at radius 3 is 2.00 bits per heavy atom. The van der Waals surface area contributed by atoms with Crippen molar-refractivity contribution in [3.8, 4) is 0 Å². The van der Waals surface area contributed by atoms with Gasteiger partial charge in [0.25, 0.3) is 0 Å². The first-order valence-corrected chi connectivity index (χ1v) is 1.05. The molecule has 0 heterocycles. The standard InChI is InChI=1S/C4H5/c1-3-4-2/h3H,1-2H2. The third-order valence-corrected chi connectivity index (χ3v) is 0.144. The lowest BCUT2D eigenvalue weighted by molar-refractivity contribution is 2.03. The molecule has 0 aliphatic carbocycles. The van der Waals surface area contributed by atoms with Crippen LogP contribution in [0.5, 0.6) is 0 Å². The maximum atomic E-state index is 3.31. The van der Waals surface area contributed by atoms with Crippen LogP contribution in [0, 0.1) is 6.08 Å². The van der Waals surface area contributed by atoms with Crippen LogP contribution in [0.2, 0.25) is 0 Å². The van der Waals surface area contributed by atoms with Crippen LogP contribution in [-0.4, -0.2) is 0 Å². The van der Waals surface area contributed by atoms with Crippen molar-refractivity contribution in [3.63, 3.8) is 0 Å². The van der Waals surface area contributed by atoms with Crippen LogP contribution in [0.1, 0.15) is 0 Å². The fourth-order valence-electron chi connectivity index (χ4n) is 0. The number of allylic oxidation sites excluding steroid dienone is 2. The van der Waals surface area contributed by atoms with Crippen molar-refractivity contribution < 1.29 is 0 Å². The van der Waals surface area contributed by atoms with E-state index in [1.54, 1.807) is 0 Å². The van der Waals surface area contributed by atoms with Gasteiger partial charge in [0.15, 0.2) is 0 Å². The molecular weight excluding hydrogens is 48.0 g/mol. The van der Waals surface area contributed by atoms with Crippen molar-refractivity contribution in [2.24, 2.45) is 0 Å². The first kappa shape index (κ1) is 3.48. The number of rotatable bonds is 1. The van der Waals surface area contributed by atoms with Crippen LogP contribution in [0.4, 0.5) is 0 Å². The van der Waals surface area contributed by atoms with E-state index in [1.807, 2.05) is 0 Å². The molecule has 0 amide bonds. The summed E-state index contributed by atoms with van der Waals surface area (Å²) in [5, 5.41) is 0. The molecule has 0 aliphatic rings. The lowest BCUT2D eigenvalue weighted by Crippen LogP contribution is -1.24. The molecule has 1 radical (unpaired) electrons. The largest absolute Gasteiger partial charge is 0.0985 e. The predicted octanol–water partition coefficient (Wildman–Crippen LogP) is 1.16. The van der Waals surface area contributed by atoms with E-state index < -0.39 is 0 Å². The highest BCUT2D eigenvalue weighted by Gasteiger charge is 1.31. The Labute approximate surface area is 26.5 Å². The molecule has 0 N–H and O–H groups in total. The van der Waals surface area contributed by atoms with Crippen LogP contribution in [0.15, 0.2) is 19.2 Å². The summed E-state index contributed by atoms with van der Waals surface area (Å²) in [6, 6.07) is 0. The summed E-state index contributed by atoms with van der Waals surface area (Å²) in [6.07, 6.45) is 3.96. The van der Waals surface area contributed by atoms with E-state index >= 15 is 0 Å². The van der Waals surface area contributed by atoms with E-state index in [4.69, 9.17) is 0 Å². The third-order valence-electron chi connectivity index (χ3n) is 0.144. The first-order valence-electron chi connectivity index (χ1n) is 1.05. The Kier molecular flexibility index (Phi) is 2.16. The minimum atomic E-state index is 1.51. The molecule has 0 aromatic heterocycles. The Morgan fingerprint density at radius 1 is 1.75 bits per heavy atom. The molecule has 4 heavy (non-hydrogen) atoms. The van der Waals surface area contributed by atoms with Gasteiger partial charge in [-0.1, -0.05) is 19.2 Å². The second kappa shape index (κ2) is 2.48. The highest BCUT2D eigenvalue weighted by molar-refractivity contribution is 4.78. The summed E-state index contributed by atoms with van der Waals surface area (Å²) in [6.45, 7) is 6.54. The lowest BCUT2D eigenvalue weighted by Gasteiger charge is -1.42.